The van der Waals surface area contributed by atoms with Crippen LogP contribution in [0.4, 0.5) is 0 Å². The highest BCUT2D eigenvalue weighted by Gasteiger charge is 2.18. The van der Waals surface area contributed by atoms with E-state index in [1.165, 1.54) is 12.8 Å². The molecule has 3 nitrogen and oxygen atoms in total. The topological polar surface area (TPSA) is 38.3 Å². The summed E-state index contributed by atoms with van der Waals surface area (Å²) >= 11 is 0. The van der Waals surface area contributed by atoms with Crippen LogP contribution in [0, 0.1) is 5.92 Å². The molecule has 0 aromatic rings. The third-order valence-corrected chi connectivity index (χ3v) is 2.58. The number of hydrogen-bond donors (Lipinski definition) is 1. The van der Waals surface area contributed by atoms with Crippen LogP contribution < -0.4 is 5.32 Å². The first kappa shape index (κ1) is 12.5. The number of carbonyl (C=O) groups is 1. The summed E-state index contributed by atoms with van der Waals surface area (Å²) in [5.41, 5.74) is -0.345. The van der Waals surface area contributed by atoms with Gasteiger partial charge in [-0.25, -0.2) is 0 Å². The fourth-order valence-electron chi connectivity index (χ4n) is 1.88. The maximum absolute atomic E-state index is 11.5. The van der Waals surface area contributed by atoms with E-state index in [9.17, 15) is 4.79 Å². The molecule has 1 heterocycles. The monoisotopic (exact) mass is 213 g/mol. The highest BCUT2D eigenvalue weighted by molar-refractivity contribution is 5.69. The Kier molecular flexibility index (Phi) is 4.58. The molecule has 1 aliphatic heterocycles. The predicted molar refractivity (Wildman–Crippen MR) is 60.7 cm³/mol. The Labute approximate surface area is 92.6 Å². The average molecular weight is 213 g/mol. The van der Waals surface area contributed by atoms with Crippen LogP contribution in [0.25, 0.3) is 0 Å². The summed E-state index contributed by atoms with van der Waals surface area (Å²) in [6.45, 7) is 7.92. The standard InChI is InChI=1S/C12H23NO2/c1-12(2,3)15-11(14)7-6-10-5-4-8-13-9-10/h10,13H,4-9H2,1-3H3. The molecule has 0 radical (unpaired) electrons. The first-order chi connectivity index (χ1) is 6.97. The minimum Gasteiger partial charge on any atom is -0.460 e. The summed E-state index contributed by atoms with van der Waals surface area (Å²) in [6.07, 6.45) is 4.00. The zero-order valence-electron chi connectivity index (χ0n) is 10.1. The van der Waals surface area contributed by atoms with Crippen molar-refractivity contribution in [1.29, 1.82) is 0 Å². The van der Waals surface area contributed by atoms with Crippen molar-refractivity contribution in [2.45, 2.75) is 52.1 Å². The minimum absolute atomic E-state index is 0.0620. The van der Waals surface area contributed by atoms with Crippen LogP contribution in [0.1, 0.15) is 46.5 Å². The molecule has 0 aliphatic carbocycles. The molecule has 1 rings (SSSR count). The fourth-order valence-corrected chi connectivity index (χ4v) is 1.88. The largest absolute Gasteiger partial charge is 0.460 e. The maximum atomic E-state index is 11.5. The molecule has 1 aliphatic rings. The molecule has 15 heavy (non-hydrogen) atoms. The van der Waals surface area contributed by atoms with Gasteiger partial charge in [-0.05, 0) is 59.0 Å². The van der Waals surface area contributed by atoms with Gasteiger partial charge in [-0.2, -0.15) is 0 Å². The van der Waals surface area contributed by atoms with Crippen molar-refractivity contribution in [2.24, 2.45) is 5.92 Å². The van der Waals surface area contributed by atoms with Crippen LogP contribution in [0.2, 0.25) is 0 Å². The van der Waals surface area contributed by atoms with E-state index in [0.29, 0.717) is 12.3 Å². The first-order valence-corrected chi connectivity index (χ1v) is 5.90. The average Bonchev–Trinajstić information content (AvgIpc) is 2.14. The summed E-state index contributed by atoms with van der Waals surface area (Å²) in [5.74, 6) is 0.597. The normalized spacial score (nSPS) is 22.5. The predicted octanol–water partition coefficient (Wildman–Crippen LogP) is 2.11. The number of esters is 1. The fraction of sp³-hybridized carbons (Fsp3) is 0.917. The lowest BCUT2D eigenvalue weighted by molar-refractivity contribution is -0.155. The quantitative estimate of drug-likeness (QED) is 0.730. The van der Waals surface area contributed by atoms with Crippen molar-refractivity contribution in [2.75, 3.05) is 13.1 Å². The third-order valence-electron chi connectivity index (χ3n) is 2.58. The Bertz CT molecular complexity index is 202. The highest BCUT2D eigenvalue weighted by atomic mass is 16.6. The lowest BCUT2D eigenvalue weighted by Gasteiger charge is -2.23. The summed E-state index contributed by atoms with van der Waals surface area (Å²) in [4.78, 5) is 11.5. The third kappa shape index (κ3) is 5.78. The Balaban J connectivity index is 2.15. The van der Waals surface area contributed by atoms with E-state index in [2.05, 4.69) is 5.32 Å². The van der Waals surface area contributed by atoms with Crippen molar-refractivity contribution < 1.29 is 9.53 Å². The molecule has 1 unspecified atom stereocenters. The molecule has 1 atom stereocenters. The van der Waals surface area contributed by atoms with E-state index < -0.39 is 0 Å². The molecule has 0 spiro atoms. The van der Waals surface area contributed by atoms with Gasteiger partial charge in [-0.1, -0.05) is 0 Å². The summed E-state index contributed by atoms with van der Waals surface area (Å²) in [7, 11) is 0. The molecular formula is C12H23NO2. The molecule has 0 saturated carbocycles. The van der Waals surface area contributed by atoms with E-state index >= 15 is 0 Å². The Hall–Kier alpha value is -0.570. The van der Waals surface area contributed by atoms with Gasteiger partial charge in [0.05, 0.1) is 0 Å². The second-order valence-electron chi connectivity index (χ2n) is 5.34. The van der Waals surface area contributed by atoms with E-state index in [0.717, 1.165) is 19.5 Å². The van der Waals surface area contributed by atoms with Gasteiger partial charge in [0.15, 0.2) is 0 Å². The van der Waals surface area contributed by atoms with Crippen LogP contribution in [0.15, 0.2) is 0 Å². The van der Waals surface area contributed by atoms with Gasteiger partial charge in [-0.3, -0.25) is 4.79 Å². The number of rotatable bonds is 3. The molecule has 0 bridgehead atoms. The number of carbonyl (C=O) groups excluding carboxylic acids is 1. The molecular weight excluding hydrogens is 190 g/mol. The van der Waals surface area contributed by atoms with Crippen molar-refractivity contribution in [3.63, 3.8) is 0 Å². The van der Waals surface area contributed by atoms with Gasteiger partial charge >= 0.3 is 5.97 Å². The van der Waals surface area contributed by atoms with E-state index in [-0.39, 0.29) is 11.6 Å². The summed E-state index contributed by atoms with van der Waals surface area (Å²) in [5, 5.41) is 3.35. The zero-order valence-corrected chi connectivity index (χ0v) is 10.1. The van der Waals surface area contributed by atoms with Crippen molar-refractivity contribution >= 4 is 5.97 Å². The molecule has 3 heteroatoms. The number of piperidine rings is 1. The van der Waals surface area contributed by atoms with Crippen LogP contribution in [-0.4, -0.2) is 24.7 Å². The van der Waals surface area contributed by atoms with Gasteiger partial charge in [0.1, 0.15) is 5.60 Å². The van der Waals surface area contributed by atoms with Gasteiger partial charge in [0.25, 0.3) is 0 Å². The first-order valence-electron chi connectivity index (χ1n) is 5.90. The molecule has 0 aromatic heterocycles. The van der Waals surface area contributed by atoms with Crippen molar-refractivity contribution in [1.82, 2.24) is 5.32 Å². The van der Waals surface area contributed by atoms with Gasteiger partial charge in [0, 0.05) is 6.42 Å². The molecule has 0 amide bonds. The van der Waals surface area contributed by atoms with Gasteiger partial charge < -0.3 is 10.1 Å². The van der Waals surface area contributed by atoms with Crippen molar-refractivity contribution in [3.8, 4) is 0 Å². The van der Waals surface area contributed by atoms with Crippen LogP contribution in [0.5, 0.6) is 0 Å². The Morgan fingerprint density at radius 3 is 2.73 bits per heavy atom. The van der Waals surface area contributed by atoms with E-state index in [4.69, 9.17) is 4.74 Å². The lowest BCUT2D eigenvalue weighted by Crippen LogP contribution is -2.30. The smallest absolute Gasteiger partial charge is 0.306 e. The second kappa shape index (κ2) is 5.50. The highest BCUT2D eigenvalue weighted by Crippen LogP contribution is 2.17. The molecule has 1 N–H and O–H groups in total. The van der Waals surface area contributed by atoms with Gasteiger partial charge in [-0.15, -0.1) is 0 Å². The number of nitrogens with one attached hydrogen (secondary N) is 1. The lowest BCUT2D eigenvalue weighted by atomic mass is 9.95. The van der Waals surface area contributed by atoms with Crippen LogP contribution in [0.3, 0.4) is 0 Å². The van der Waals surface area contributed by atoms with E-state index in [1.807, 2.05) is 20.8 Å². The Morgan fingerprint density at radius 2 is 2.20 bits per heavy atom. The Morgan fingerprint density at radius 1 is 1.47 bits per heavy atom. The number of ether oxygens (including phenoxy) is 1. The van der Waals surface area contributed by atoms with Crippen LogP contribution >= 0.6 is 0 Å². The van der Waals surface area contributed by atoms with Crippen molar-refractivity contribution in [3.05, 3.63) is 0 Å². The maximum Gasteiger partial charge on any atom is 0.306 e. The van der Waals surface area contributed by atoms with E-state index in [1.54, 1.807) is 0 Å². The molecule has 0 aromatic carbocycles. The second-order valence-corrected chi connectivity index (χ2v) is 5.34. The summed E-state index contributed by atoms with van der Waals surface area (Å²) < 4.78 is 5.27. The van der Waals surface area contributed by atoms with Gasteiger partial charge in [0.2, 0.25) is 0 Å². The molecule has 1 fully saturated rings. The zero-order chi connectivity index (χ0) is 11.3. The SMILES string of the molecule is CC(C)(C)OC(=O)CCC1CCCNC1. The number of hydrogen-bond acceptors (Lipinski definition) is 3. The molecule has 88 valence electrons. The minimum atomic E-state index is -0.345. The van der Waals surface area contributed by atoms with Crippen LogP contribution in [-0.2, 0) is 9.53 Å². The molecule has 1 saturated heterocycles. The summed E-state index contributed by atoms with van der Waals surface area (Å²) in [6, 6.07) is 0.